The molecule has 0 aliphatic rings. The molecule has 0 radical (unpaired) electrons. The molecule has 2 aromatic carbocycles. The van der Waals surface area contributed by atoms with Gasteiger partial charge in [0.1, 0.15) is 0 Å². The summed E-state index contributed by atoms with van der Waals surface area (Å²) in [7, 11) is -0.0152. The minimum Gasteiger partial charge on any atom is -0.309 e. The van der Waals surface area contributed by atoms with Gasteiger partial charge in [-0.15, -0.1) is 16.6 Å². The number of rotatable bonds is 11. The summed E-state index contributed by atoms with van der Waals surface area (Å²) in [4.78, 5) is 15.6. The van der Waals surface area contributed by atoms with E-state index in [4.69, 9.17) is 0 Å². The molecule has 0 aromatic heterocycles. The molecule has 8 nitrogen and oxygen atoms in total. The van der Waals surface area contributed by atoms with Crippen molar-refractivity contribution in [1.82, 2.24) is 15.2 Å². The Hall–Kier alpha value is -1.98. The summed E-state index contributed by atoms with van der Waals surface area (Å²) < 4.78 is 25.0. The topological polar surface area (TPSA) is 105 Å². The Morgan fingerprint density at radius 1 is 1.14 bits per heavy atom. The van der Waals surface area contributed by atoms with Crippen LogP contribution in [0.25, 0.3) is 0 Å². The van der Waals surface area contributed by atoms with Crippen molar-refractivity contribution in [2.24, 2.45) is 0 Å². The smallest absolute Gasteiger partial charge is 0.270 e. The summed E-state index contributed by atoms with van der Waals surface area (Å²) in [5.74, 6) is 0.662. The van der Waals surface area contributed by atoms with Gasteiger partial charge in [0.15, 0.2) is 0 Å². The molecule has 0 fully saturated rings. The van der Waals surface area contributed by atoms with Crippen LogP contribution in [0.2, 0.25) is 0 Å². The first-order chi connectivity index (χ1) is 13.3. The van der Waals surface area contributed by atoms with Crippen molar-refractivity contribution in [3.63, 3.8) is 0 Å². The van der Waals surface area contributed by atoms with Gasteiger partial charge < -0.3 is 4.90 Å². The van der Waals surface area contributed by atoms with Crippen LogP contribution < -0.4 is 10.3 Å². The van der Waals surface area contributed by atoms with Crippen LogP contribution in [0.1, 0.15) is 6.42 Å². The molecule has 0 saturated carbocycles. The van der Waals surface area contributed by atoms with Gasteiger partial charge in [-0.05, 0) is 45.3 Å². The molecule has 0 heterocycles. The van der Waals surface area contributed by atoms with Crippen LogP contribution in [-0.4, -0.2) is 50.7 Å². The molecule has 0 bridgehead atoms. The summed E-state index contributed by atoms with van der Waals surface area (Å²) in [6.07, 6.45) is 0.726. The lowest BCUT2D eigenvalue weighted by Crippen LogP contribution is -2.46. The highest BCUT2D eigenvalue weighted by Crippen LogP contribution is 2.19. The number of thioether (sulfide) groups is 1. The molecule has 2 rings (SSSR count). The molecular weight excluding hydrogens is 400 g/mol. The lowest BCUT2D eigenvalue weighted by atomic mass is 10.2. The normalized spacial score (nSPS) is 12.8. The van der Waals surface area contributed by atoms with E-state index in [0.29, 0.717) is 5.75 Å². The number of nitrogens with one attached hydrogen (secondary N) is 2. The lowest BCUT2D eigenvalue weighted by Gasteiger charge is -2.21. The van der Waals surface area contributed by atoms with Crippen LogP contribution in [0.3, 0.4) is 0 Å². The van der Waals surface area contributed by atoms with Crippen molar-refractivity contribution >= 4 is 27.5 Å². The van der Waals surface area contributed by atoms with Crippen LogP contribution in [0.15, 0.2) is 64.4 Å². The van der Waals surface area contributed by atoms with Crippen molar-refractivity contribution in [1.29, 1.82) is 0 Å². The number of nitro benzene ring substituents is 1. The minimum absolute atomic E-state index is 0.124. The van der Waals surface area contributed by atoms with Gasteiger partial charge in [-0.1, -0.05) is 24.3 Å². The molecule has 0 aliphatic heterocycles. The Morgan fingerprint density at radius 3 is 2.50 bits per heavy atom. The van der Waals surface area contributed by atoms with E-state index in [2.05, 4.69) is 10.3 Å². The summed E-state index contributed by atoms with van der Waals surface area (Å²) in [6.45, 7) is 0.783. The van der Waals surface area contributed by atoms with E-state index in [1.54, 1.807) is 11.8 Å². The fourth-order valence-corrected chi connectivity index (χ4v) is 4.28. The Labute approximate surface area is 169 Å². The van der Waals surface area contributed by atoms with Gasteiger partial charge in [-0.25, -0.2) is 13.8 Å². The van der Waals surface area contributed by atoms with Crippen LogP contribution in [-0.2, 0) is 10.0 Å². The fourth-order valence-electron chi connectivity index (χ4n) is 2.31. The molecule has 152 valence electrons. The SMILES string of the molecule is CN(C)CCC(CSc1ccccc1)NNS(=O)(=O)c1cccc([N+](=O)[O-])c1. The molecule has 0 aliphatic carbocycles. The Bertz CT molecular complexity index is 876. The zero-order valence-electron chi connectivity index (χ0n) is 15.7. The van der Waals surface area contributed by atoms with Crippen LogP contribution in [0.4, 0.5) is 5.69 Å². The second-order valence-electron chi connectivity index (χ2n) is 6.42. The summed E-state index contributed by atoms with van der Waals surface area (Å²) in [6, 6.07) is 14.7. The highest BCUT2D eigenvalue weighted by atomic mass is 32.2. The maximum atomic E-state index is 12.5. The molecular formula is C18H24N4O4S2. The number of hydrogen-bond acceptors (Lipinski definition) is 7. The predicted molar refractivity (Wildman–Crippen MR) is 111 cm³/mol. The monoisotopic (exact) mass is 424 g/mol. The number of sulfonamides is 1. The molecule has 2 aromatic rings. The maximum absolute atomic E-state index is 12.5. The van der Waals surface area contributed by atoms with E-state index in [9.17, 15) is 18.5 Å². The third kappa shape index (κ3) is 7.21. The molecule has 1 unspecified atom stereocenters. The average Bonchev–Trinajstić information content (AvgIpc) is 2.68. The van der Waals surface area contributed by atoms with Crippen LogP contribution >= 0.6 is 11.8 Å². The van der Waals surface area contributed by atoms with Gasteiger partial charge in [0.2, 0.25) is 0 Å². The first-order valence-corrected chi connectivity index (χ1v) is 11.1. The highest BCUT2D eigenvalue weighted by molar-refractivity contribution is 7.99. The number of hydrazine groups is 1. The van der Waals surface area contributed by atoms with Crippen molar-refractivity contribution in [2.75, 3.05) is 26.4 Å². The molecule has 0 saturated heterocycles. The highest BCUT2D eigenvalue weighted by Gasteiger charge is 2.19. The van der Waals surface area contributed by atoms with Crippen molar-refractivity contribution in [3.8, 4) is 0 Å². The van der Waals surface area contributed by atoms with Gasteiger partial charge in [0.25, 0.3) is 15.7 Å². The van der Waals surface area contributed by atoms with E-state index >= 15 is 0 Å². The van der Waals surface area contributed by atoms with Gasteiger partial charge >= 0.3 is 0 Å². The van der Waals surface area contributed by atoms with E-state index in [1.165, 1.54) is 18.2 Å². The van der Waals surface area contributed by atoms with Crippen molar-refractivity contribution < 1.29 is 13.3 Å². The largest absolute Gasteiger partial charge is 0.309 e. The molecule has 0 spiro atoms. The molecule has 28 heavy (non-hydrogen) atoms. The number of benzene rings is 2. The van der Waals surface area contributed by atoms with Gasteiger partial charge in [0, 0.05) is 28.8 Å². The second kappa shape index (κ2) is 10.5. The van der Waals surface area contributed by atoms with Crippen molar-refractivity contribution in [2.45, 2.75) is 22.3 Å². The predicted octanol–water partition coefficient (Wildman–Crippen LogP) is 2.49. The number of nitrogens with zero attached hydrogens (tertiary/aromatic N) is 2. The fraction of sp³-hybridized carbons (Fsp3) is 0.333. The molecule has 1 atom stereocenters. The second-order valence-corrected chi connectivity index (χ2v) is 9.19. The van der Waals surface area contributed by atoms with Crippen molar-refractivity contribution in [3.05, 3.63) is 64.7 Å². The van der Waals surface area contributed by atoms with E-state index < -0.39 is 14.9 Å². The number of non-ortho nitro benzene ring substituents is 1. The van der Waals surface area contributed by atoms with Crippen LogP contribution in [0, 0.1) is 10.1 Å². The van der Waals surface area contributed by atoms with Gasteiger partial charge in [-0.3, -0.25) is 10.1 Å². The summed E-state index contributed by atoms with van der Waals surface area (Å²) >= 11 is 1.63. The zero-order valence-corrected chi connectivity index (χ0v) is 17.4. The third-order valence-electron chi connectivity index (χ3n) is 3.86. The number of hydrogen-bond donors (Lipinski definition) is 2. The molecule has 2 N–H and O–H groups in total. The Balaban J connectivity index is 2.03. The van der Waals surface area contributed by atoms with E-state index in [0.717, 1.165) is 23.9 Å². The lowest BCUT2D eigenvalue weighted by molar-refractivity contribution is -0.385. The number of nitro groups is 1. The van der Waals surface area contributed by atoms with Gasteiger partial charge in [0.05, 0.1) is 9.82 Å². The first-order valence-electron chi connectivity index (χ1n) is 8.62. The standard InChI is InChI=1S/C18H24N4O4S2/c1-21(2)12-11-15(14-27-17-8-4-3-5-9-17)19-20-28(25,26)18-10-6-7-16(13-18)22(23)24/h3-10,13,15,19-20H,11-12,14H2,1-2H3. The average molecular weight is 425 g/mol. The minimum atomic E-state index is -3.92. The first kappa shape index (κ1) is 22.3. The molecule has 0 amide bonds. The van der Waals surface area contributed by atoms with Gasteiger partial charge in [-0.2, -0.15) is 0 Å². The maximum Gasteiger partial charge on any atom is 0.270 e. The van der Waals surface area contributed by atoms with Crippen LogP contribution in [0.5, 0.6) is 0 Å². The quantitative estimate of drug-likeness (QED) is 0.324. The van der Waals surface area contributed by atoms with E-state index in [-0.39, 0.29) is 16.6 Å². The van der Waals surface area contributed by atoms with E-state index in [1.807, 2.05) is 49.3 Å². The molecule has 10 heteroatoms. The summed E-state index contributed by atoms with van der Waals surface area (Å²) in [5, 5.41) is 10.9. The Kier molecular flexibility index (Phi) is 8.39. The summed E-state index contributed by atoms with van der Waals surface area (Å²) in [5.41, 5.74) is 2.61. The zero-order chi connectivity index (χ0) is 20.6. The Morgan fingerprint density at radius 2 is 1.86 bits per heavy atom. The third-order valence-corrected chi connectivity index (χ3v) is 6.29.